The summed E-state index contributed by atoms with van der Waals surface area (Å²) in [6, 6.07) is 8.27. The van der Waals surface area contributed by atoms with Crippen molar-refractivity contribution >= 4 is 12.1 Å². The fourth-order valence-corrected chi connectivity index (χ4v) is 2.42. The number of rotatable bonds is 3. The Labute approximate surface area is 136 Å². The average Bonchev–Trinajstić information content (AvgIpc) is 2.85. The molecule has 1 fully saturated rings. The lowest BCUT2D eigenvalue weighted by molar-refractivity contribution is 0.00990. The van der Waals surface area contributed by atoms with Crippen LogP contribution < -0.4 is 0 Å². The summed E-state index contributed by atoms with van der Waals surface area (Å²) in [5.74, 6) is -0.448. The van der Waals surface area contributed by atoms with E-state index in [0.717, 1.165) is 0 Å². The fourth-order valence-electron chi connectivity index (χ4n) is 2.42. The predicted octanol–water partition coefficient (Wildman–Crippen LogP) is 2.21. The van der Waals surface area contributed by atoms with Crippen LogP contribution in [0, 0.1) is 0 Å². The number of β-amino-alcohol motifs (C(OH)–C–C–N with tert-alkyl or cyclic N) is 1. The lowest BCUT2D eigenvalue weighted by atomic mass is 10.2. The molecule has 1 aromatic rings. The summed E-state index contributed by atoms with van der Waals surface area (Å²) in [6.07, 6.45) is -0.779. The zero-order valence-electron chi connectivity index (χ0n) is 13.7. The molecule has 2 atom stereocenters. The summed E-state index contributed by atoms with van der Waals surface area (Å²) >= 11 is 0. The van der Waals surface area contributed by atoms with E-state index in [2.05, 4.69) is 0 Å². The van der Waals surface area contributed by atoms with Crippen molar-refractivity contribution in [1.82, 2.24) is 4.90 Å². The van der Waals surface area contributed by atoms with E-state index in [1.807, 2.05) is 6.07 Å². The second-order valence-electron chi connectivity index (χ2n) is 6.64. The van der Waals surface area contributed by atoms with Gasteiger partial charge in [-0.15, -0.1) is 0 Å². The first kappa shape index (κ1) is 17.3. The minimum Gasteiger partial charge on any atom is -0.460 e. The van der Waals surface area contributed by atoms with E-state index in [4.69, 9.17) is 9.47 Å². The maximum atomic E-state index is 12.2. The lowest BCUT2D eigenvalue weighted by Crippen LogP contribution is -2.42. The normalized spacial score (nSPS) is 21.1. The van der Waals surface area contributed by atoms with Gasteiger partial charge in [0.2, 0.25) is 0 Å². The largest absolute Gasteiger partial charge is 0.460 e. The fraction of sp³-hybridized carbons (Fsp3) is 0.529. The van der Waals surface area contributed by atoms with E-state index in [1.54, 1.807) is 45.0 Å². The van der Waals surface area contributed by atoms with E-state index < -0.39 is 23.8 Å². The molecule has 1 aliphatic heterocycles. The highest BCUT2D eigenvalue weighted by atomic mass is 16.6. The Bertz CT molecular complexity index is 552. The molecule has 2 rings (SSSR count). The molecule has 0 radical (unpaired) electrons. The van der Waals surface area contributed by atoms with Gasteiger partial charge in [-0.25, -0.2) is 9.59 Å². The smallest absolute Gasteiger partial charge is 0.410 e. The Morgan fingerprint density at radius 1 is 1.26 bits per heavy atom. The van der Waals surface area contributed by atoms with Crippen LogP contribution in [0.25, 0.3) is 0 Å². The van der Waals surface area contributed by atoms with Crippen molar-refractivity contribution in [3.8, 4) is 0 Å². The minimum atomic E-state index is -0.636. The Morgan fingerprint density at radius 2 is 1.91 bits per heavy atom. The first-order valence-corrected chi connectivity index (χ1v) is 7.66. The molecule has 1 saturated heterocycles. The van der Waals surface area contributed by atoms with Gasteiger partial charge in [0.25, 0.3) is 0 Å². The van der Waals surface area contributed by atoms with Crippen molar-refractivity contribution in [2.45, 2.75) is 44.9 Å². The molecule has 126 valence electrons. The summed E-state index contributed by atoms with van der Waals surface area (Å²) < 4.78 is 10.6. The molecule has 6 nitrogen and oxygen atoms in total. The van der Waals surface area contributed by atoms with Crippen molar-refractivity contribution in [3.63, 3.8) is 0 Å². The van der Waals surface area contributed by atoms with Crippen LogP contribution in [0.15, 0.2) is 30.3 Å². The van der Waals surface area contributed by atoms with E-state index >= 15 is 0 Å². The average molecular weight is 321 g/mol. The van der Waals surface area contributed by atoms with Gasteiger partial charge in [-0.1, -0.05) is 18.2 Å². The third-order valence-corrected chi connectivity index (χ3v) is 3.44. The SMILES string of the molecule is CC(C)(C)OC(=O)N1CC(O)CC1COC(=O)c1ccccc1. The summed E-state index contributed by atoms with van der Waals surface area (Å²) in [5, 5.41) is 9.81. The van der Waals surface area contributed by atoms with Crippen molar-refractivity contribution < 1.29 is 24.2 Å². The number of likely N-dealkylation sites (tertiary alicyclic amines) is 1. The predicted molar refractivity (Wildman–Crippen MR) is 84.1 cm³/mol. The zero-order valence-corrected chi connectivity index (χ0v) is 13.7. The van der Waals surface area contributed by atoms with Gasteiger partial charge in [-0.3, -0.25) is 4.90 Å². The third-order valence-electron chi connectivity index (χ3n) is 3.44. The second-order valence-corrected chi connectivity index (χ2v) is 6.64. The molecular formula is C17H23NO5. The molecular weight excluding hydrogens is 298 g/mol. The molecule has 6 heteroatoms. The highest BCUT2D eigenvalue weighted by Crippen LogP contribution is 2.22. The lowest BCUT2D eigenvalue weighted by Gasteiger charge is -2.28. The number of aliphatic hydroxyl groups excluding tert-OH is 1. The molecule has 1 N–H and O–H groups in total. The van der Waals surface area contributed by atoms with Gasteiger partial charge in [0.15, 0.2) is 0 Å². The number of aliphatic hydroxyl groups is 1. The number of benzene rings is 1. The number of esters is 1. The van der Waals surface area contributed by atoms with Crippen molar-refractivity contribution in [2.24, 2.45) is 0 Å². The van der Waals surface area contributed by atoms with Gasteiger partial charge < -0.3 is 14.6 Å². The van der Waals surface area contributed by atoms with Crippen LogP contribution in [0.5, 0.6) is 0 Å². The number of carbonyl (C=O) groups is 2. The number of amides is 1. The van der Waals surface area contributed by atoms with Crippen LogP contribution in [-0.2, 0) is 9.47 Å². The van der Waals surface area contributed by atoms with Crippen molar-refractivity contribution in [2.75, 3.05) is 13.2 Å². The second kappa shape index (κ2) is 7.00. The zero-order chi connectivity index (χ0) is 17.0. The number of hydrogen-bond acceptors (Lipinski definition) is 5. The van der Waals surface area contributed by atoms with Crippen molar-refractivity contribution in [3.05, 3.63) is 35.9 Å². The maximum Gasteiger partial charge on any atom is 0.410 e. The summed E-state index contributed by atoms with van der Waals surface area (Å²) in [6.45, 7) is 5.55. The van der Waals surface area contributed by atoms with E-state index in [1.165, 1.54) is 4.90 Å². The molecule has 0 bridgehead atoms. The Morgan fingerprint density at radius 3 is 2.52 bits per heavy atom. The van der Waals surface area contributed by atoms with Gasteiger partial charge in [0, 0.05) is 0 Å². The van der Waals surface area contributed by atoms with E-state index in [-0.39, 0.29) is 19.2 Å². The Balaban J connectivity index is 1.94. The van der Waals surface area contributed by atoms with Gasteiger partial charge in [-0.2, -0.15) is 0 Å². The van der Waals surface area contributed by atoms with Crippen LogP contribution in [0.4, 0.5) is 4.79 Å². The van der Waals surface area contributed by atoms with Crippen LogP contribution in [0.3, 0.4) is 0 Å². The van der Waals surface area contributed by atoms with Crippen LogP contribution >= 0.6 is 0 Å². The standard InChI is InChI=1S/C17H23NO5/c1-17(2,3)23-16(21)18-10-14(19)9-13(18)11-22-15(20)12-7-5-4-6-8-12/h4-8,13-14,19H,9-11H2,1-3H3. The maximum absolute atomic E-state index is 12.2. The van der Waals surface area contributed by atoms with Gasteiger partial charge >= 0.3 is 12.1 Å². The van der Waals surface area contributed by atoms with Crippen LogP contribution in [-0.4, -0.2) is 53.0 Å². The molecule has 0 spiro atoms. The number of carbonyl (C=O) groups excluding carboxylic acids is 2. The molecule has 1 amide bonds. The molecule has 1 heterocycles. The van der Waals surface area contributed by atoms with Gasteiger partial charge in [0.1, 0.15) is 12.2 Å². The number of nitrogens with zero attached hydrogens (tertiary/aromatic N) is 1. The first-order valence-electron chi connectivity index (χ1n) is 7.66. The molecule has 23 heavy (non-hydrogen) atoms. The summed E-state index contributed by atoms with van der Waals surface area (Å²) in [4.78, 5) is 25.6. The quantitative estimate of drug-likeness (QED) is 0.864. The van der Waals surface area contributed by atoms with Gasteiger partial charge in [0.05, 0.1) is 24.3 Å². The topological polar surface area (TPSA) is 76.1 Å². The first-order chi connectivity index (χ1) is 10.8. The molecule has 0 aliphatic carbocycles. The van der Waals surface area contributed by atoms with Crippen molar-refractivity contribution in [1.29, 1.82) is 0 Å². The molecule has 1 aliphatic rings. The van der Waals surface area contributed by atoms with E-state index in [0.29, 0.717) is 12.0 Å². The van der Waals surface area contributed by atoms with E-state index in [9.17, 15) is 14.7 Å². The molecule has 1 aromatic carbocycles. The third kappa shape index (κ3) is 4.96. The highest BCUT2D eigenvalue weighted by Gasteiger charge is 2.37. The minimum absolute atomic E-state index is 0.0318. The molecule has 2 unspecified atom stereocenters. The van der Waals surface area contributed by atoms with Crippen LogP contribution in [0.2, 0.25) is 0 Å². The summed E-state index contributed by atoms with van der Waals surface area (Å²) in [7, 11) is 0. The Kier molecular flexibility index (Phi) is 5.26. The van der Waals surface area contributed by atoms with Gasteiger partial charge in [-0.05, 0) is 39.3 Å². The summed E-state index contributed by atoms with van der Waals surface area (Å²) in [5.41, 5.74) is -0.162. The monoisotopic (exact) mass is 321 g/mol. The van der Waals surface area contributed by atoms with Crippen LogP contribution in [0.1, 0.15) is 37.6 Å². The number of ether oxygens (including phenoxy) is 2. The molecule has 0 aromatic heterocycles. The Hall–Kier alpha value is -2.08. The highest BCUT2D eigenvalue weighted by molar-refractivity contribution is 5.89. The number of hydrogen-bond donors (Lipinski definition) is 1. The molecule has 0 saturated carbocycles.